The lowest BCUT2D eigenvalue weighted by Gasteiger charge is -2.05. The highest BCUT2D eigenvalue weighted by atomic mass is 32.1. The molecule has 1 radical (unpaired) electrons. The van der Waals surface area contributed by atoms with Gasteiger partial charge in [0.25, 0.3) is 0 Å². The second-order valence-electron chi connectivity index (χ2n) is 2.89. The zero-order valence-electron chi connectivity index (χ0n) is 7.05. The van der Waals surface area contributed by atoms with Crippen LogP contribution in [0, 0.1) is 12.8 Å². The van der Waals surface area contributed by atoms with Crippen LogP contribution in [-0.2, 0) is 6.42 Å². The fourth-order valence-electron chi connectivity index (χ4n) is 1.01. The summed E-state index contributed by atoms with van der Waals surface area (Å²) in [5.74, 6) is 0.636. The number of rotatable bonds is 4. The van der Waals surface area contributed by atoms with Crippen LogP contribution in [0.5, 0.6) is 0 Å². The van der Waals surface area contributed by atoms with E-state index in [2.05, 4.69) is 31.4 Å². The first-order valence-corrected chi connectivity index (χ1v) is 5.06. The molecule has 0 aromatic carbocycles. The molecule has 11 heavy (non-hydrogen) atoms. The molecule has 1 unspecified atom stereocenters. The number of hydrogen-bond donors (Lipinski definition) is 0. The minimum Gasteiger partial charge on any atom is -0.149 e. The van der Waals surface area contributed by atoms with Gasteiger partial charge in [-0.1, -0.05) is 26.3 Å². The van der Waals surface area contributed by atoms with E-state index in [0.717, 1.165) is 0 Å². The molecule has 0 amide bonds. The number of hydrogen-bond acceptors (Lipinski definition) is 1. The molecule has 1 aromatic rings. The summed E-state index contributed by atoms with van der Waals surface area (Å²) in [6.07, 6.45) is 3.64. The minimum atomic E-state index is 0.636. The van der Waals surface area contributed by atoms with E-state index in [-0.39, 0.29) is 0 Å². The molecule has 0 spiro atoms. The van der Waals surface area contributed by atoms with Gasteiger partial charge in [0.1, 0.15) is 0 Å². The van der Waals surface area contributed by atoms with Gasteiger partial charge >= 0.3 is 0 Å². The van der Waals surface area contributed by atoms with E-state index in [1.165, 1.54) is 24.1 Å². The van der Waals surface area contributed by atoms with Crippen molar-refractivity contribution in [3.05, 3.63) is 29.3 Å². The summed E-state index contributed by atoms with van der Waals surface area (Å²) in [6, 6.07) is 4.32. The van der Waals surface area contributed by atoms with Gasteiger partial charge in [0.05, 0.1) is 0 Å². The van der Waals surface area contributed by atoms with Crippen LogP contribution >= 0.6 is 11.3 Å². The van der Waals surface area contributed by atoms with Crippen molar-refractivity contribution in [2.24, 2.45) is 5.92 Å². The topological polar surface area (TPSA) is 0 Å². The van der Waals surface area contributed by atoms with E-state index >= 15 is 0 Å². The molecule has 61 valence electrons. The normalized spacial score (nSPS) is 13.3. The Labute approximate surface area is 73.3 Å². The Hall–Kier alpha value is -0.300. The summed E-state index contributed by atoms with van der Waals surface area (Å²) in [5.41, 5.74) is 0. The van der Waals surface area contributed by atoms with Crippen LogP contribution in [0.15, 0.2) is 17.5 Å². The predicted octanol–water partition coefficient (Wildman–Crippen LogP) is 3.54. The van der Waals surface area contributed by atoms with E-state index in [4.69, 9.17) is 0 Å². The maximum atomic E-state index is 4.06. The van der Waals surface area contributed by atoms with Gasteiger partial charge < -0.3 is 0 Å². The molecule has 0 aliphatic rings. The fraction of sp³-hybridized carbons (Fsp3) is 0.500. The maximum Gasteiger partial charge on any atom is 0.00453 e. The Morgan fingerprint density at radius 3 is 3.00 bits per heavy atom. The largest absolute Gasteiger partial charge is 0.149 e. The van der Waals surface area contributed by atoms with Crippen molar-refractivity contribution in [2.45, 2.75) is 26.2 Å². The van der Waals surface area contributed by atoms with Crippen LogP contribution in [0.4, 0.5) is 0 Å². The van der Waals surface area contributed by atoms with Crippen LogP contribution in [0.1, 0.15) is 24.6 Å². The molecule has 1 atom stereocenters. The Balaban J connectivity index is 2.23. The molecule has 0 aliphatic carbocycles. The van der Waals surface area contributed by atoms with Gasteiger partial charge in [-0.25, -0.2) is 0 Å². The third-order valence-electron chi connectivity index (χ3n) is 1.96. The second-order valence-corrected chi connectivity index (χ2v) is 3.92. The van der Waals surface area contributed by atoms with Gasteiger partial charge in [-0.3, -0.25) is 0 Å². The van der Waals surface area contributed by atoms with Gasteiger partial charge in [-0.05, 0) is 30.2 Å². The van der Waals surface area contributed by atoms with Crippen molar-refractivity contribution >= 4 is 11.3 Å². The van der Waals surface area contributed by atoms with Gasteiger partial charge in [0.2, 0.25) is 0 Å². The number of thiophene rings is 1. The van der Waals surface area contributed by atoms with Crippen LogP contribution in [-0.4, -0.2) is 0 Å². The highest BCUT2D eigenvalue weighted by molar-refractivity contribution is 7.09. The average Bonchev–Trinajstić information content (AvgIpc) is 2.52. The van der Waals surface area contributed by atoms with Crippen molar-refractivity contribution in [2.75, 3.05) is 0 Å². The molecule has 0 bridgehead atoms. The SMILES string of the molecule is [CH2]C(CC)CCc1cccs1. The van der Waals surface area contributed by atoms with E-state index in [0.29, 0.717) is 5.92 Å². The molecule has 1 heterocycles. The van der Waals surface area contributed by atoms with E-state index in [1.807, 2.05) is 11.3 Å². The van der Waals surface area contributed by atoms with E-state index in [1.54, 1.807) is 0 Å². The van der Waals surface area contributed by atoms with Gasteiger partial charge in [0, 0.05) is 4.88 Å². The van der Waals surface area contributed by atoms with Crippen molar-refractivity contribution in [3.8, 4) is 0 Å². The van der Waals surface area contributed by atoms with Crippen LogP contribution < -0.4 is 0 Å². The number of aryl methyl sites for hydroxylation is 1. The summed E-state index contributed by atoms with van der Waals surface area (Å²) in [6.45, 7) is 6.26. The zero-order chi connectivity index (χ0) is 8.10. The zero-order valence-corrected chi connectivity index (χ0v) is 7.86. The Morgan fingerprint density at radius 2 is 2.45 bits per heavy atom. The van der Waals surface area contributed by atoms with Crippen LogP contribution in [0.25, 0.3) is 0 Å². The Bertz CT molecular complexity index is 177. The monoisotopic (exact) mass is 167 g/mol. The van der Waals surface area contributed by atoms with Crippen molar-refractivity contribution in [1.29, 1.82) is 0 Å². The third kappa shape index (κ3) is 3.06. The Morgan fingerprint density at radius 1 is 1.64 bits per heavy atom. The first kappa shape index (κ1) is 8.79. The molecule has 0 nitrogen and oxygen atoms in total. The van der Waals surface area contributed by atoms with Crippen molar-refractivity contribution < 1.29 is 0 Å². The molecular weight excluding hydrogens is 152 g/mol. The minimum absolute atomic E-state index is 0.636. The highest BCUT2D eigenvalue weighted by Gasteiger charge is 1.99. The lowest BCUT2D eigenvalue weighted by Crippen LogP contribution is -1.93. The predicted molar refractivity (Wildman–Crippen MR) is 51.8 cm³/mol. The smallest absolute Gasteiger partial charge is 0.00453 e. The third-order valence-corrected chi connectivity index (χ3v) is 2.89. The molecule has 1 heteroatoms. The summed E-state index contributed by atoms with van der Waals surface area (Å²) in [7, 11) is 0. The molecule has 1 aromatic heterocycles. The van der Waals surface area contributed by atoms with Gasteiger partial charge in [-0.2, -0.15) is 0 Å². The molecule has 1 rings (SSSR count). The van der Waals surface area contributed by atoms with Crippen LogP contribution in [0.2, 0.25) is 0 Å². The summed E-state index contributed by atoms with van der Waals surface area (Å²) < 4.78 is 0. The standard InChI is InChI=1S/C10H15S/c1-3-9(2)6-7-10-5-4-8-11-10/h4-5,8-9H,2-3,6-7H2,1H3. The highest BCUT2D eigenvalue weighted by Crippen LogP contribution is 2.15. The summed E-state index contributed by atoms with van der Waals surface area (Å²) in [4.78, 5) is 1.49. The maximum absolute atomic E-state index is 4.06. The fourth-order valence-corrected chi connectivity index (χ4v) is 1.73. The first-order valence-electron chi connectivity index (χ1n) is 4.18. The van der Waals surface area contributed by atoms with Crippen LogP contribution in [0.3, 0.4) is 0 Å². The first-order chi connectivity index (χ1) is 5.33. The molecule has 0 saturated carbocycles. The second kappa shape index (κ2) is 4.55. The lowest BCUT2D eigenvalue weighted by atomic mass is 10.0. The molecule has 0 aliphatic heterocycles. The summed E-state index contributed by atoms with van der Waals surface area (Å²) >= 11 is 1.85. The molecule has 0 N–H and O–H groups in total. The Kier molecular flexibility index (Phi) is 3.64. The van der Waals surface area contributed by atoms with Gasteiger partial charge in [-0.15, -0.1) is 11.3 Å². The van der Waals surface area contributed by atoms with Gasteiger partial charge in [0.15, 0.2) is 0 Å². The van der Waals surface area contributed by atoms with Crippen molar-refractivity contribution in [3.63, 3.8) is 0 Å². The van der Waals surface area contributed by atoms with Crippen molar-refractivity contribution in [1.82, 2.24) is 0 Å². The molecular formula is C10H15S. The summed E-state index contributed by atoms with van der Waals surface area (Å²) in [5, 5.41) is 2.14. The molecule has 0 fully saturated rings. The van der Waals surface area contributed by atoms with E-state index < -0.39 is 0 Å². The average molecular weight is 167 g/mol. The quantitative estimate of drug-likeness (QED) is 0.643. The molecule has 0 saturated heterocycles. The van der Waals surface area contributed by atoms with E-state index in [9.17, 15) is 0 Å². The lowest BCUT2D eigenvalue weighted by molar-refractivity contribution is 0.571.